The van der Waals surface area contributed by atoms with Crippen LogP contribution in [0.5, 0.6) is 0 Å². The second-order valence-electron chi connectivity index (χ2n) is 4.66. The first-order chi connectivity index (χ1) is 7.65. The summed E-state index contributed by atoms with van der Waals surface area (Å²) in [5.74, 6) is 1.33. The SMILES string of the molecule is CCC(CC)N(CCCl)CCOCC(C)C. The van der Waals surface area contributed by atoms with Gasteiger partial charge in [0, 0.05) is 31.6 Å². The molecule has 0 aromatic carbocycles. The fourth-order valence-electron chi connectivity index (χ4n) is 1.89. The lowest BCUT2D eigenvalue weighted by Gasteiger charge is -2.29. The maximum absolute atomic E-state index is 5.84. The molecule has 0 amide bonds. The number of ether oxygens (including phenoxy) is 1. The van der Waals surface area contributed by atoms with Crippen molar-refractivity contribution >= 4 is 11.6 Å². The van der Waals surface area contributed by atoms with Crippen LogP contribution >= 0.6 is 11.6 Å². The summed E-state index contributed by atoms with van der Waals surface area (Å²) in [5.41, 5.74) is 0. The van der Waals surface area contributed by atoms with E-state index in [-0.39, 0.29) is 0 Å². The van der Waals surface area contributed by atoms with E-state index in [1.807, 2.05) is 0 Å². The second kappa shape index (κ2) is 10.4. The molecule has 0 aromatic rings. The Morgan fingerprint density at radius 1 is 1.12 bits per heavy atom. The summed E-state index contributed by atoms with van der Waals surface area (Å²) in [6, 6.07) is 0.654. The normalized spacial score (nSPS) is 12.0. The molecule has 0 rings (SSSR count). The summed E-state index contributed by atoms with van der Waals surface area (Å²) in [6.07, 6.45) is 2.38. The van der Waals surface area contributed by atoms with Gasteiger partial charge in [-0.1, -0.05) is 27.7 Å². The molecule has 0 unspecified atom stereocenters. The molecule has 0 aromatic heterocycles. The average molecular weight is 250 g/mol. The standard InChI is InChI=1S/C13H28ClNO/c1-5-13(6-2)15(8-7-14)9-10-16-11-12(3)4/h12-13H,5-11H2,1-4H3. The number of nitrogens with zero attached hydrogens (tertiary/aromatic N) is 1. The van der Waals surface area contributed by atoms with Gasteiger partial charge in [0.15, 0.2) is 0 Å². The van der Waals surface area contributed by atoms with Crippen LogP contribution in [-0.2, 0) is 4.74 Å². The quantitative estimate of drug-likeness (QED) is 0.435. The molecule has 16 heavy (non-hydrogen) atoms. The minimum absolute atomic E-state index is 0.620. The van der Waals surface area contributed by atoms with Crippen molar-refractivity contribution in [3.05, 3.63) is 0 Å². The Bertz CT molecular complexity index is 149. The van der Waals surface area contributed by atoms with Gasteiger partial charge in [-0.2, -0.15) is 0 Å². The van der Waals surface area contributed by atoms with Gasteiger partial charge in [-0.3, -0.25) is 4.90 Å². The number of rotatable bonds is 10. The zero-order chi connectivity index (χ0) is 12.4. The third-order valence-electron chi connectivity index (χ3n) is 2.80. The lowest BCUT2D eigenvalue weighted by molar-refractivity contribution is 0.0725. The maximum atomic E-state index is 5.84. The highest BCUT2D eigenvalue weighted by Gasteiger charge is 2.13. The van der Waals surface area contributed by atoms with Crippen molar-refractivity contribution in [1.82, 2.24) is 4.90 Å². The molecule has 0 heterocycles. The fourth-order valence-corrected chi connectivity index (χ4v) is 2.11. The molecular formula is C13H28ClNO. The van der Waals surface area contributed by atoms with E-state index < -0.39 is 0 Å². The predicted octanol–water partition coefficient (Wildman–Crippen LogP) is 3.39. The van der Waals surface area contributed by atoms with Crippen molar-refractivity contribution in [1.29, 1.82) is 0 Å². The molecule has 0 aliphatic rings. The number of hydrogen-bond donors (Lipinski definition) is 0. The van der Waals surface area contributed by atoms with Gasteiger partial charge < -0.3 is 4.74 Å². The maximum Gasteiger partial charge on any atom is 0.0593 e. The average Bonchev–Trinajstić information content (AvgIpc) is 2.25. The summed E-state index contributed by atoms with van der Waals surface area (Å²) in [6.45, 7) is 12.5. The lowest BCUT2D eigenvalue weighted by Crippen LogP contribution is -2.38. The molecule has 2 nitrogen and oxygen atoms in total. The Balaban J connectivity index is 3.83. The first-order valence-corrected chi connectivity index (χ1v) is 7.06. The van der Waals surface area contributed by atoms with Gasteiger partial charge in [0.1, 0.15) is 0 Å². The molecule has 0 bridgehead atoms. The summed E-state index contributed by atoms with van der Waals surface area (Å²) in [5, 5.41) is 0. The molecule has 0 spiro atoms. The fraction of sp³-hybridized carbons (Fsp3) is 1.00. The van der Waals surface area contributed by atoms with Crippen molar-refractivity contribution in [2.75, 3.05) is 32.2 Å². The van der Waals surface area contributed by atoms with E-state index in [1.165, 1.54) is 12.8 Å². The largest absolute Gasteiger partial charge is 0.380 e. The highest BCUT2D eigenvalue weighted by atomic mass is 35.5. The molecule has 0 atom stereocenters. The number of hydrogen-bond acceptors (Lipinski definition) is 2. The Labute approximate surface area is 106 Å². The highest BCUT2D eigenvalue weighted by molar-refractivity contribution is 6.18. The Morgan fingerprint density at radius 2 is 1.75 bits per heavy atom. The molecule has 0 fully saturated rings. The summed E-state index contributed by atoms with van der Waals surface area (Å²) >= 11 is 5.84. The van der Waals surface area contributed by atoms with E-state index in [9.17, 15) is 0 Å². The molecule has 0 radical (unpaired) electrons. The zero-order valence-corrected chi connectivity index (χ0v) is 12.1. The Hall–Kier alpha value is 0.210. The van der Waals surface area contributed by atoms with Crippen LogP contribution in [0, 0.1) is 5.92 Å². The van der Waals surface area contributed by atoms with Crippen LogP contribution < -0.4 is 0 Å². The molecule has 3 heteroatoms. The molecule has 0 saturated carbocycles. The van der Waals surface area contributed by atoms with Crippen molar-refractivity contribution in [2.24, 2.45) is 5.92 Å². The van der Waals surface area contributed by atoms with Gasteiger partial charge >= 0.3 is 0 Å². The third kappa shape index (κ3) is 7.48. The van der Waals surface area contributed by atoms with Crippen LogP contribution in [0.4, 0.5) is 0 Å². The minimum Gasteiger partial charge on any atom is -0.380 e. The summed E-state index contributed by atoms with van der Waals surface area (Å²) in [7, 11) is 0. The lowest BCUT2D eigenvalue weighted by atomic mass is 10.1. The minimum atomic E-state index is 0.620. The smallest absolute Gasteiger partial charge is 0.0593 e. The monoisotopic (exact) mass is 249 g/mol. The summed E-state index contributed by atoms with van der Waals surface area (Å²) < 4.78 is 5.63. The van der Waals surface area contributed by atoms with Crippen molar-refractivity contribution < 1.29 is 4.74 Å². The van der Waals surface area contributed by atoms with Crippen LogP contribution in [0.1, 0.15) is 40.5 Å². The highest BCUT2D eigenvalue weighted by Crippen LogP contribution is 2.08. The zero-order valence-electron chi connectivity index (χ0n) is 11.3. The number of alkyl halides is 1. The van der Waals surface area contributed by atoms with Gasteiger partial charge in [0.05, 0.1) is 6.61 Å². The number of halogens is 1. The van der Waals surface area contributed by atoms with Crippen molar-refractivity contribution in [2.45, 2.75) is 46.6 Å². The molecule has 0 N–H and O–H groups in total. The first-order valence-electron chi connectivity index (χ1n) is 6.53. The van der Waals surface area contributed by atoms with Gasteiger partial charge in [-0.15, -0.1) is 11.6 Å². The molecule has 0 aliphatic heterocycles. The van der Waals surface area contributed by atoms with E-state index in [4.69, 9.17) is 16.3 Å². The van der Waals surface area contributed by atoms with Crippen LogP contribution in [-0.4, -0.2) is 43.1 Å². The van der Waals surface area contributed by atoms with Gasteiger partial charge in [0.25, 0.3) is 0 Å². The van der Waals surface area contributed by atoms with Crippen LogP contribution in [0.3, 0.4) is 0 Å². The molecule has 0 saturated heterocycles. The van der Waals surface area contributed by atoms with Gasteiger partial charge in [-0.05, 0) is 18.8 Å². The molecule has 98 valence electrons. The Kier molecular flexibility index (Phi) is 10.5. The third-order valence-corrected chi connectivity index (χ3v) is 2.97. The van der Waals surface area contributed by atoms with Gasteiger partial charge in [0.2, 0.25) is 0 Å². The van der Waals surface area contributed by atoms with Crippen LogP contribution in [0.2, 0.25) is 0 Å². The van der Waals surface area contributed by atoms with E-state index in [2.05, 4.69) is 32.6 Å². The molecule has 0 aliphatic carbocycles. The van der Waals surface area contributed by atoms with Gasteiger partial charge in [-0.25, -0.2) is 0 Å². The Morgan fingerprint density at radius 3 is 2.19 bits per heavy atom. The van der Waals surface area contributed by atoms with Crippen molar-refractivity contribution in [3.63, 3.8) is 0 Å². The van der Waals surface area contributed by atoms with E-state index in [1.54, 1.807) is 0 Å². The first kappa shape index (κ1) is 16.2. The van der Waals surface area contributed by atoms with E-state index >= 15 is 0 Å². The van der Waals surface area contributed by atoms with E-state index in [0.29, 0.717) is 17.8 Å². The summed E-state index contributed by atoms with van der Waals surface area (Å²) in [4.78, 5) is 2.45. The van der Waals surface area contributed by atoms with E-state index in [0.717, 1.165) is 26.3 Å². The second-order valence-corrected chi connectivity index (χ2v) is 5.04. The molecular weight excluding hydrogens is 222 g/mol. The topological polar surface area (TPSA) is 12.5 Å². The predicted molar refractivity (Wildman–Crippen MR) is 72.3 cm³/mol. The van der Waals surface area contributed by atoms with Crippen LogP contribution in [0.15, 0.2) is 0 Å². The van der Waals surface area contributed by atoms with Crippen molar-refractivity contribution in [3.8, 4) is 0 Å². The van der Waals surface area contributed by atoms with Crippen LogP contribution in [0.25, 0.3) is 0 Å².